The van der Waals surface area contributed by atoms with E-state index in [4.69, 9.17) is 0 Å². The maximum atomic E-state index is 11.3. The predicted molar refractivity (Wildman–Crippen MR) is 81.8 cm³/mol. The highest BCUT2D eigenvalue weighted by Gasteiger charge is 2.06. The summed E-state index contributed by atoms with van der Waals surface area (Å²) in [6.07, 6.45) is 4.37. The van der Waals surface area contributed by atoms with Crippen LogP contribution < -0.4 is 15.8 Å². The zero-order chi connectivity index (χ0) is 15.1. The number of rotatable bonds is 6. The maximum Gasteiger partial charge on any atom is 0.232 e. The molecule has 0 saturated carbocycles. The van der Waals surface area contributed by atoms with Crippen molar-refractivity contribution in [1.82, 2.24) is 4.98 Å². The molecule has 0 aliphatic rings. The molecule has 1 heterocycles. The minimum Gasteiger partial charge on any atom is -0.326 e. The molecule has 0 aliphatic carbocycles. The minimum atomic E-state index is -0.0510. The maximum absolute atomic E-state index is 11.3. The van der Waals surface area contributed by atoms with Crippen LogP contribution in [-0.4, -0.2) is 17.3 Å². The zero-order valence-corrected chi connectivity index (χ0v) is 11.6. The summed E-state index contributed by atoms with van der Waals surface area (Å²) >= 11 is 0. The smallest absolute Gasteiger partial charge is 0.232 e. The van der Waals surface area contributed by atoms with Crippen molar-refractivity contribution in [3.63, 3.8) is 0 Å². The van der Waals surface area contributed by atoms with Crippen LogP contribution in [0.5, 0.6) is 0 Å². The second kappa shape index (κ2) is 7.04. The van der Waals surface area contributed by atoms with Crippen molar-refractivity contribution in [3.05, 3.63) is 48.8 Å². The van der Waals surface area contributed by atoms with Crippen LogP contribution in [0, 0.1) is 0 Å². The van der Waals surface area contributed by atoms with E-state index in [1.165, 1.54) is 5.01 Å². The molecular formula is C15H16N4O2. The van der Waals surface area contributed by atoms with E-state index in [0.29, 0.717) is 24.2 Å². The van der Waals surface area contributed by atoms with Crippen LogP contribution in [0.3, 0.4) is 0 Å². The predicted octanol–water partition coefficient (Wildman–Crippen LogP) is 2.42. The minimum absolute atomic E-state index is 0.0510. The highest BCUT2D eigenvalue weighted by molar-refractivity contribution is 5.91. The molecule has 108 valence electrons. The SMILES string of the molecule is CCC(=O)Nc1ccc(N(C=O)Nc2ccncc2)cc1. The fourth-order valence-corrected chi connectivity index (χ4v) is 1.67. The summed E-state index contributed by atoms with van der Waals surface area (Å²) in [5, 5.41) is 4.10. The number of nitrogens with zero attached hydrogens (tertiary/aromatic N) is 2. The van der Waals surface area contributed by atoms with Crippen LogP contribution in [0.4, 0.5) is 17.1 Å². The number of anilines is 3. The van der Waals surface area contributed by atoms with Gasteiger partial charge in [-0.05, 0) is 36.4 Å². The van der Waals surface area contributed by atoms with Gasteiger partial charge in [-0.2, -0.15) is 0 Å². The van der Waals surface area contributed by atoms with Crippen molar-refractivity contribution in [2.24, 2.45) is 0 Å². The second-order valence-electron chi connectivity index (χ2n) is 4.27. The first-order valence-electron chi connectivity index (χ1n) is 6.54. The van der Waals surface area contributed by atoms with E-state index < -0.39 is 0 Å². The number of amides is 2. The average Bonchev–Trinajstić information content (AvgIpc) is 2.54. The van der Waals surface area contributed by atoms with Gasteiger partial charge in [0.1, 0.15) is 0 Å². The van der Waals surface area contributed by atoms with Gasteiger partial charge in [-0.1, -0.05) is 6.92 Å². The van der Waals surface area contributed by atoms with Gasteiger partial charge in [0.15, 0.2) is 0 Å². The average molecular weight is 284 g/mol. The summed E-state index contributed by atoms with van der Waals surface area (Å²) in [5.74, 6) is -0.0510. The summed E-state index contributed by atoms with van der Waals surface area (Å²) in [6, 6.07) is 10.5. The second-order valence-corrected chi connectivity index (χ2v) is 4.27. The van der Waals surface area contributed by atoms with E-state index in [1.54, 1.807) is 55.7 Å². The quantitative estimate of drug-likeness (QED) is 0.631. The molecule has 0 aliphatic heterocycles. The lowest BCUT2D eigenvalue weighted by atomic mass is 10.2. The molecule has 0 bridgehead atoms. The Bertz CT molecular complexity index is 599. The Morgan fingerprint density at radius 2 is 1.81 bits per heavy atom. The molecule has 0 atom stereocenters. The van der Waals surface area contributed by atoms with Crippen LogP contribution in [0.1, 0.15) is 13.3 Å². The number of carbonyl (C=O) groups is 2. The third kappa shape index (κ3) is 4.04. The molecule has 0 unspecified atom stereocenters. The van der Waals surface area contributed by atoms with Gasteiger partial charge in [-0.3, -0.25) is 20.0 Å². The highest BCUT2D eigenvalue weighted by Crippen LogP contribution is 2.18. The van der Waals surface area contributed by atoms with E-state index in [2.05, 4.69) is 15.7 Å². The molecule has 2 rings (SSSR count). The largest absolute Gasteiger partial charge is 0.326 e. The molecule has 2 aromatic rings. The van der Waals surface area contributed by atoms with Crippen molar-refractivity contribution >= 4 is 29.4 Å². The van der Waals surface area contributed by atoms with Crippen molar-refractivity contribution in [3.8, 4) is 0 Å². The van der Waals surface area contributed by atoms with Crippen molar-refractivity contribution < 1.29 is 9.59 Å². The van der Waals surface area contributed by atoms with E-state index in [9.17, 15) is 9.59 Å². The third-order valence-corrected chi connectivity index (χ3v) is 2.79. The Labute approximate surface area is 122 Å². The number of pyridine rings is 1. The molecule has 6 nitrogen and oxygen atoms in total. The molecule has 0 saturated heterocycles. The molecule has 2 amide bonds. The number of benzene rings is 1. The van der Waals surface area contributed by atoms with Gasteiger partial charge in [-0.25, -0.2) is 5.01 Å². The standard InChI is InChI=1S/C15H16N4O2/c1-2-15(21)17-12-3-5-14(6-4-12)19(11-20)18-13-7-9-16-10-8-13/h3-11H,2H2,1H3,(H,16,18)(H,17,21). The Morgan fingerprint density at radius 1 is 1.14 bits per heavy atom. The molecule has 1 aromatic heterocycles. The van der Waals surface area contributed by atoms with Crippen molar-refractivity contribution in [1.29, 1.82) is 0 Å². The summed E-state index contributed by atoms with van der Waals surface area (Å²) < 4.78 is 0. The Morgan fingerprint density at radius 3 is 2.38 bits per heavy atom. The lowest BCUT2D eigenvalue weighted by molar-refractivity contribution is -0.115. The number of hydrazine groups is 1. The number of carbonyl (C=O) groups excluding carboxylic acids is 2. The van der Waals surface area contributed by atoms with E-state index in [1.807, 2.05) is 0 Å². The Hall–Kier alpha value is -2.89. The lowest BCUT2D eigenvalue weighted by Crippen LogP contribution is -2.27. The molecule has 6 heteroatoms. The Balaban J connectivity index is 2.08. The monoisotopic (exact) mass is 284 g/mol. The number of hydrogen-bond donors (Lipinski definition) is 2. The summed E-state index contributed by atoms with van der Waals surface area (Å²) in [4.78, 5) is 26.4. The van der Waals surface area contributed by atoms with Gasteiger partial charge >= 0.3 is 0 Å². The fourth-order valence-electron chi connectivity index (χ4n) is 1.67. The van der Waals surface area contributed by atoms with Gasteiger partial charge in [0.25, 0.3) is 0 Å². The van der Waals surface area contributed by atoms with Crippen LogP contribution in [0.25, 0.3) is 0 Å². The first kappa shape index (κ1) is 14.5. The van der Waals surface area contributed by atoms with Gasteiger partial charge in [0, 0.05) is 24.5 Å². The molecule has 21 heavy (non-hydrogen) atoms. The summed E-state index contributed by atoms with van der Waals surface area (Å²) in [7, 11) is 0. The van der Waals surface area contributed by atoms with Crippen molar-refractivity contribution in [2.75, 3.05) is 15.8 Å². The van der Waals surface area contributed by atoms with Crippen LogP contribution in [0.2, 0.25) is 0 Å². The molecule has 0 radical (unpaired) electrons. The number of nitrogens with one attached hydrogen (secondary N) is 2. The fraction of sp³-hybridized carbons (Fsp3) is 0.133. The molecular weight excluding hydrogens is 268 g/mol. The van der Waals surface area contributed by atoms with Gasteiger partial charge < -0.3 is 5.32 Å². The van der Waals surface area contributed by atoms with Crippen LogP contribution >= 0.6 is 0 Å². The summed E-state index contributed by atoms with van der Waals surface area (Å²) in [6.45, 7) is 1.79. The first-order valence-corrected chi connectivity index (χ1v) is 6.54. The molecule has 0 spiro atoms. The zero-order valence-electron chi connectivity index (χ0n) is 11.6. The molecule has 2 N–H and O–H groups in total. The van der Waals surface area contributed by atoms with E-state index in [0.717, 1.165) is 5.69 Å². The van der Waals surface area contributed by atoms with E-state index >= 15 is 0 Å². The van der Waals surface area contributed by atoms with Gasteiger partial charge in [-0.15, -0.1) is 0 Å². The van der Waals surface area contributed by atoms with Crippen LogP contribution in [0.15, 0.2) is 48.8 Å². The van der Waals surface area contributed by atoms with E-state index in [-0.39, 0.29) is 5.91 Å². The highest BCUT2D eigenvalue weighted by atomic mass is 16.2. The van der Waals surface area contributed by atoms with Crippen molar-refractivity contribution in [2.45, 2.75) is 13.3 Å². The molecule has 1 aromatic carbocycles. The third-order valence-electron chi connectivity index (χ3n) is 2.79. The number of aromatic nitrogens is 1. The topological polar surface area (TPSA) is 74.3 Å². The van der Waals surface area contributed by atoms with Gasteiger partial charge in [0.2, 0.25) is 12.3 Å². The normalized spacial score (nSPS) is 9.76. The molecule has 0 fully saturated rings. The van der Waals surface area contributed by atoms with Gasteiger partial charge in [0.05, 0.1) is 11.4 Å². The van der Waals surface area contributed by atoms with Crippen LogP contribution in [-0.2, 0) is 9.59 Å². The number of hydrogen-bond acceptors (Lipinski definition) is 4. The lowest BCUT2D eigenvalue weighted by Gasteiger charge is -2.19. The Kier molecular flexibility index (Phi) is 4.87. The summed E-state index contributed by atoms with van der Waals surface area (Å²) in [5.41, 5.74) is 5.06. The first-order chi connectivity index (χ1) is 10.2.